The van der Waals surface area contributed by atoms with Gasteiger partial charge in [0.05, 0.1) is 0 Å². The molecule has 1 aliphatic carbocycles. The fourth-order valence-electron chi connectivity index (χ4n) is 2.29. The quantitative estimate of drug-likeness (QED) is 0.720. The highest BCUT2D eigenvalue weighted by molar-refractivity contribution is 5.94. The summed E-state index contributed by atoms with van der Waals surface area (Å²) >= 11 is 0. The number of imide groups is 1. The molecule has 0 aromatic carbocycles. The van der Waals surface area contributed by atoms with Gasteiger partial charge in [0, 0.05) is 25.9 Å². The first-order chi connectivity index (χ1) is 9.00. The van der Waals surface area contributed by atoms with Crippen LogP contribution < -0.4 is 5.32 Å². The highest BCUT2D eigenvalue weighted by Crippen LogP contribution is 2.22. The summed E-state index contributed by atoms with van der Waals surface area (Å²) in [6.45, 7) is 0. The Morgan fingerprint density at radius 3 is 2.32 bits per heavy atom. The number of carboxylic acid groups (broad SMARTS) is 1. The van der Waals surface area contributed by atoms with Crippen molar-refractivity contribution >= 4 is 17.9 Å². The Morgan fingerprint density at radius 1 is 1.16 bits per heavy atom. The summed E-state index contributed by atoms with van der Waals surface area (Å²) in [6, 6.07) is -0.116. The Hall–Kier alpha value is -1.59. The standard InChI is InChI=1S/C13H22N2O4/c1-15(10-6-2-3-7-10)13(19)14-11(16)8-4-5-9-12(17)18/h10H,2-9H2,1H3,(H,17,18)(H,14,16,19). The van der Waals surface area contributed by atoms with E-state index in [4.69, 9.17) is 5.11 Å². The normalized spacial score (nSPS) is 15.2. The average Bonchev–Trinajstić information content (AvgIpc) is 2.87. The van der Waals surface area contributed by atoms with Crippen LogP contribution in [-0.4, -0.2) is 41.0 Å². The molecule has 3 amide bonds. The maximum absolute atomic E-state index is 11.8. The lowest BCUT2D eigenvalue weighted by atomic mass is 10.2. The Morgan fingerprint density at radius 2 is 1.74 bits per heavy atom. The lowest BCUT2D eigenvalue weighted by Gasteiger charge is -2.24. The zero-order chi connectivity index (χ0) is 14.3. The van der Waals surface area contributed by atoms with Gasteiger partial charge < -0.3 is 10.0 Å². The first-order valence-electron chi connectivity index (χ1n) is 6.79. The van der Waals surface area contributed by atoms with Crippen LogP contribution in [0.5, 0.6) is 0 Å². The number of carbonyl (C=O) groups is 3. The summed E-state index contributed by atoms with van der Waals surface area (Å²) < 4.78 is 0. The first-order valence-corrected chi connectivity index (χ1v) is 6.79. The molecule has 6 heteroatoms. The van der Waals surface area contributed by atoms with Crippen LogP contribution in [0, 0.1) is 0 Å². The Kier molecular flexibility index (Phi) is 6.32. The summed E-state index contributed by atoms with van der Waals surface area (Å²) in [5, 5.41) is 10.8. The van der Waals surface area contributed by atoms with Crippen molar-refractivity contribution in [3.05, 3.63) is 0 Å². The molecule has 0 aromatic heterocycles. The number of rotatable bonds is 6. The van der Waals surface area contributed by atoms with Crippen LogP contribution >= 0.6 is 0 Å². The number of carbonyl (C=O) groups excluding carboxylic acids is 2. The van der Waals surface area contributed by atoms with Gasteiger partial charge in [-0.1, -0.05) is 12.8 Å². The Labute approximate surface area is 113 Å². The van der Waals surface area contributed by atoms with Crippen LogP contribution in [0.4, 0.5) is 4.79 Å². The summed E-state index contributed by atoms with van der Waals surface area (Å²) in [5.41, 5.74) is 0. The molecule has 0 aromatic rings. The lowest BCUT2D eigenvalue weighted by Crippen LogP contribution is -2.44. The van der Waals surface area contributed by atoms with Crippen LogP contribution in [0.15, 0.2) is 0 Å². The molecule has 0 aliphatic heterocycles. The molecule has 6 nitrogen and oxygen atoms in total. The van der Waals surface area contributed by atoms with Crippen molar-refractivity contribution in [1.82, 2.24) is 10.2 Å². The van der Waals surface area contributed by atoms with Gasteiger partial charge in [-0.25, -0.2) is 4.79 Å². The lowest BCUT2D eigenvalue weighted by molar-refractivity contribution is -0.137. The molecule has 0 radical (unpaired) electrons. The molecule has 0 heterocycles. The minimum atomic E-state index is -0.863. The van der Waals surface area contributed by atoms with Gasteiger partial charge in [0.2, 0.25) is 5.91 Å². The molecule has 1 rings (SSSR count). The van der Waals surface area contributed by atoms with Gasteiger partial charge in [-0.05, 0) is 25.7 Å². The van der Waals surface area contributed by atoms with Crippen molar-refractivity contribution in [2.75, 3.05) is 7.05 Å². The summed E-state index contributed by atoms with van der Waals surface area (Å²) in [7, 11) is 1.71. The van der Waals surface area contributed by atoms with E-state index in [-0.39, 0.29) is 30.8 Å². The molecule has 0 spiro atoms. The number of unbranched alkanes of at least 4 members (excludes halogenated alkanes) is 1. The van der Waals surface area contributed by atoms with E-state index in [0.717, 1.165) is 25.7 Å². The van der Waals surface area contributed by atoms with E-state index in [1.807, 2.05) is 0 Å². The number of aliphatic carboxylic acids is 1. The van der Waals surface area contributed by atoms with E-state index in [9.17, 15) is 14.4 Å². The van der Waals surface area contributed by atoms with Gasteiger partial charge in [0.15, 0.2) is 0 Å². The maximum atomic E-state index is 11.8. The fraction of sp³-hybridized carbons (Fsp3) is 0.769. The summed E-state index contributed by atoms with van der Waals surface area (Å²) in [4.78, 5) is 35.2. The molecule has 19 heavy (non-hydrogen) atoms. The fourth-order valence-corrected chi connectivity index (χ4v) is 2.29. The third kappa shape index (κ3) is 5.72. The monoisotopic (exact) mass is 270 g/mol. The number of urea groups is 1. The summed E-state index contributed by atoms with van der Waals surface area (Å²) in [6.07, 6.45) is 5.44. The predicted molar refractivity (Wildman–Crippen MR) is 69.7 cm³/mol. The minimum absolute atomic E-state index is 0.0587. The van der Waals surface area contributed by atoms with E-state index in [1.54, 1.807) is 11.9 Å². The Balaban J connectivity index is 2.19. The number of carboxylic acids is 1. The summed E-state index contributed by atoms with van der Waals surface area (Å²) in [5.74, 6) is -1.20. The largest absolute Gasteiger partial charge is 0.481 e. The number of nitrogens with one attached hydrogen (secondary N) is 1. The molecule has 108 valence electrons. The molecule has 0 unspecified atom stereocenters. The van der Waals surface area contributed by atoms with Crippen LogP contribution in [0.1, 0.15) is 51.4 Å². The molecule has 2 N–H and O–H groups in total. The topological polar surface area (TPSA) is 86.7 Å². The molecule has 1 aliphatic rings. The van der Waals surface area contributed by atoms with Crippen LogP contribution in [0.3, 0.4) is 0 Å². The molecule has 0 saturated heterocycles. The van der Waals surface area contributed by atoms with E-state index >= 15 is 0 Å². The highest BCUT2D eigenvalue weighted by Gasteiger charge is 2.24. The molecule has 0 atom stereocenters. The van der Waals surface area contributed by atoms with Crippen LogP contribution in [0.2, 0.25) is 0 Å². The Bertz CT molecular complexity index is 338. The second-order valence-corrected chi connectivity index (χ2v) is 5.00. The first kappa shape index (κ1) is 15.5. The van der Waals surface area contributed by atoms with Gasteiger partial charge in [-0.2, -0.15) is 0 Å². The van der Waals surface area contributed by atoms with Crippen molar-refractivity contribution in [2.24, 2.45) is 0 Å². The second kappa shape index (κ2) is 7.76. The van der Waals surface area contributed by atoms with Crippen molar-refractivity contribution in [3.63, 3.8) is 0 Å². The molecular formula is C13H22N2O4. The molecular weight excluding hydrogens is 248 g/mol. The zero-order valence-electron chi connectivity index (χ0n) is 11.4. The average molecular weight is 270 g/mol. The molecule has 0 bridgehead atoms. The number of hydrogen-bond donors (Lipinski definition) is 2. The van der Waals surface area contributed by atoms with Crippen LogP contribution in [0.25, 0.3) is 0 Å². The minimum Gasteiger partial charge on any atom is -0.481 e. The van der Waals surface area contributed by atoms with E-state index < -0.39 is 5.97 Å². The van der Waals surface area contributed by atoms with E-state index in [1.165, 1.54) is 0 Å². The van der Waals surface area contributed by atoms with Crippen molar-refractivity contribution in [2.45, 2.75) is 57.4 Å². The molecule has 1 fully saturated rings. The smallest absolute Gasteiger partial charge is 0.324 e. The van der Waals surface area contributed by atoms with Crippen molar-refractivity contribution < 1.29 is 19.5 Å². The highest BCUT2D eigenvalue weighted by atomic mass is 16.4. The number of nitrogens with zero attached hydrogens (tertiary/aromatic N) is 1. The molecule has 1 saturated carbocycles. The van der Waals surface area contributed by atoms with Gasteiger partial charge in [-0.3, -0.25) is 14.9 Å². The number of hydrogen-bond acceptors (Lipinski definition) is 3. The second-order valence-electron chi connectivity index (χ2n) is 5.00. The predicted octanol–water partition coefficient (Wildman–Crippen LogP) is 1.74. The third-order valence-electron chi connectivity index (χ3n) is 3.48. The number of amides is 3. The van der Waals surface area contributed by atoms with Crippen molar-refractivity contribution in [3.8, 4) is 0 Å². The van der Waals surface area contributed by atoms with Crippen LogP contribution in [-0.2, 0) is 9.59 Å². The van der Waals surface area contributed by atoms with E-state index in [0.29, 0.717) is 12.8 Å². The SMILES string of the molecule is CN(C(=O)NC(=O)CCCCC(=O)O)C1CCCC1. The van der Waals surface area contributed by atoms with Gasteiger partial charge >= 0.3 is 12.0 Å². The maximum Gasteiger partial charge on any atom is 0.324 e. The van der Waals surface area contributed by atoms with Gasteiger partial charge in [0.25, 0.3) is 0 Å². The van der Waals surface area contributed by atoms with Gasteiger partial charge in [-0.15, -0.1) is 0 Å². The van der Waals surface area contributed by atoms with Gasteiger partial charge in [0.1, 0.15) is 0 Å². The third-order valence-corrected chi connectivity index (χ3v) is 3.48. The van der Waals surface area contributed by atoms with E-state index in [2.05, 4.69) is 5.32 Å². The zero-order valence-corrected chi connectivity index (χ0v) is 11.4. The van der Waals surface area contributed by atoms with Crippen molar-refractivity contribution in [1.29, 1.82) is 0 Å².